The maximum Gasteiger partial charge on any atom is 0.148 e. The molecule has 1 unspecified atom stereocenters. The Kier molecular flexibility index (Phi) is 4.65. The van der Waals surface area contributed by atoms with Crippen molar-refractivity contribution in [2.45, 2.75) is 32.7 Å². The smallest absolute Gasteiger partial charge is 0.148 e. The number of hydrogen-bond donors (Lipinski definition) is 1. The standard InChI is InChI=1S/C18H24N4O/c1-13-11-19-14(2)18(20-13)21-15-7-6-10-22(12-15)16-8-4-5-9-17(16)23-3/h4-5,8-9,11,15H,6-7,10,12H2,1-3H3,(H,20,21). The van der Waals surface area contributed by atoms with Gasteiger partial charge in [0.15, 0.2) is 0 Å². The number of hydrogen-bond acceptors (Lipinski definition) is 5. The molecule has 1 aromatic heterocycles. The maximum atomic E-state index is 5.50. The third kappa shape index (κ3) is 3.55. The number of benzene rings is 1. The van der Waals surface area contributed by atoms with Gasteiger partial charge >= 0.3 is 0 Å². The minimum Gasteiger partial charge on any atom is -0.495 e. The molecule has 0 saturated carbocycles. The first-order valence-electron chi connectivity index (χ1n) is 8.12. The number of rotatable bonds is 4. The molecule has 122 valence electrons. The first kappa shape index (κ1) is 15.6. The fourth-order valence-corrected chi connectivity index (χ4v) is 3.07. The number of aromatic nitrogens is 2. The number of nitrogens with one attached hydrogen (secondary N) is 1. The van der Waals surface area contributed by atoms with E-state index >= 15 is 0 Å². The van der Waals surface area contributed by atoms with Gasteiger partial charge in [-0.3, -0.25) is 4.98 Å². The summed E-state index contributed by atoms with van der Waals surface area (Å²) < 4.78 is 5.50. The predicted octanol–water partition coefficient (Wildman–Crippen LogP) is 3.18. The maximum absolute atomic E-state index is 5.50. The Balaban J connectivity index is 1.74. The Morgan fingerprint density at radius 3 is 2.91 bits per heavy atom. The van der Waals surface area contributed by atoms with Crippen LogP contribution < -0.4 is 15.0 Å². The molecule has 0 bridgehead atoms. The molecule has 1 fully saturated rings. The quantitative estimate of drug-likeness (QED) is 0.939. The first-order valence-corrected chi connectivity index (χ1v) is 8.12. The van der Waals surface area contributed by atoms with E-state index in [0.29, 0.717) is 6.04 Å². The summed E-state index contributed by atoms with van der Waals surface area (Å²) in [5.74, 6) is 1.83. The molecule has 0 radical (unpaired) electrons. The van der Waals surface area contributed by atoms with Crippen LogP contribution in [0.5, 0.6) is 5.75 Å². The molecule has 1 saturated heterocycles. The number of nitrogens with zero attached hydrogens (tertiary/aromatic N) is 3. The number of aryl methyl sites for hydroxylation is 2. The lowest BCUT2D eigenvalue weighted by Gasteiger charge is -2.35. The lowest BCUT2D eigenvalue weighted by molar-refractivity contribution is 0.411. The lowest BCUT2D eigenvalue weighted by Crippen LogP contribution is -2.42. The summed E-state index contributed by atoms with van der Waals surface area (Å²) in [4.78, 5) is 11.4. The Morgan fingerprint density at radius 1 is 1.26 bits per heavy atom. The van der Waals surface area contributed by atoms with Crippen molar-refractivity contribution < 1.29 is 4.74 Å². The van der Waals surface area contributed by atoms with E-state index < -0.39 is 0 Å². The molecule has 0 aliphatic carbocycles. The van der Waals surface area contributed by atoms with Crippen LogP contribution in [0.15, 0.2) is 30.5 Å². The summed E-state index contributed by atoms with van der Waals surface area (Å²) >= 11 is 0. The normalized spacial score (nSPS) is 17.9. The highest BCUT2D eigenvalue weighted by atomic mass is 16.5. The fraction of sp³-hybridized carbons (Fsp3) is 0.444. The van der Waals surface area contributed by atoms with Gasteiger partial charge in [-0.15, -0.1) is 0 Å². The SMILES string of the molecule is COc1ccccc1N1CCCC(Nc2nc(C)cnc2C)C1. The van der Waals surface area contributed by atoms with Crippen molar-refractivity contribution in [2.75, 3.05) is 30.4 Å². The summed E-state index contributed by atoms with van der Waals surface area (Å²) in [5.41, 5.74) is 3.05. The number of para-hydroxylation sites is 2. The minimum absolute atomic E-state index is 0.364. The van der Waals surface area contributed by atoms with Crippen LogP contribution >= 0.6 is 0 Å². The average molecular weight is 312 g/mol. The third-order valence-electron chi connectivity index (χ3n) is 4.26. The lowest BCUT2D eigenvalue weighted by atomic mass is 10.0. The first-order chi connectivity index (χ1) is 11.2. The van der Waals surface area contributed by atoms with Gasteiger partial charge in [0.05, 0.1) is 24.2 Å². The van der Waals surface area contributed by atoms with Crippen molar-refractivity contribution in [1.29, 1.82) is 0 Å². The van der Waals surface area contributed by atoms with Crippen molar-refractivity contribution in [3.05, 3.63) is 41.9 Å². The van der Waals surface area contributed by atoms with Crippen LogP contribution in [0.3, 0.4) is 0 Å². The molecule has 1 N–H and O–H groups in total. The van der Waals surface area contributed by atoms with Crippen molar-refractivity contribution >= 4 is 11.5 Å². The Bertz CT molecular complexity index is 674. The van der Waals surface area contributed by atoms with Gasteiger partial charge in [-0.2, -0.15) is 0 Å². The van der Waals surface area contributed by atoms with E-state index in [2.05, 4.69) is 32.3 Å². The Labute approximate surface area is 137 Å². The van der Waals surface area contributed by atoms with E-state index in [0.717, 1.165) is 54.6 Å². The minimum atomic E-state index is 0.364. The molecule has 1 aliphatic rings. The highest BCUT2D eigenvalue weighted by Gasteiger charge is 2.22. The number of ether oxygens (including phenoxy) is 1. The summed E-state index contributed by atoms with van der Waals surface area (Å²) in [6.45, 7) is 5.96. The van der Waals surface area contributed by atoms with E-state index in [9.17, 15) is 0 Å². The second kappa shape index (κ2) is 6.86. The zero-order valence-electron chi connectivity index (χ0n) is 14.0. The molecule has 0 amide bonds. The second-order valence-electron chi connectivity index (χ2n) is 6.05. The summed E-state index contributed by atoms with van der Waals surface area (Å²) in [6, 6.07) is 8.57. The number of anilines is 2. The predicted molar refractivity (Wildman–Crippen MR) is 93.4 cm³/mol. The molecule has 1 aromatic carbocycles. The van der Waals surface area contributed by atoms with Crippen LogP contribution in [0.4, 0.5) is 11.5 Å². The molecule has 23 heavy (non-hydrogen) atoms. The Hall–Kier alpha value is -2.30. The van der Waals surface area contributed by atoms with Crippen molar-refractivity contribution in [2.24, 2.45) is 0 Å². The van der Waals surface area contributed by atoms with Crippen LogP contribution in [-0.4, -0.2) is 36.2 Å². The van der Waals surface area contributed by atoms with Gasteiger partial charge < -0.3 is 15.0 Å². The van der Waals surface area contributed by atoms with Gasteiger partial charge in [-0.25, -0.2) is 4.98 Å². The van der Waals surface area contributed by atoms with Crippen LogP contribution in [0.2, 0.25) is 0 Å². The van der Waals surface area contributed by atoms with E-state index in [-0.39, 0.29) is 0 Å². The largest absolute Gasteiger partial charge is 0.495 e. The molecule has 3 rings (SSSR count). The molecule has 5 heteroatoms. The zero-order chi connectivity index (χ0) is 16.2. The number of piperidine rings is 1. The highest BCUT2D eigenvalue weighted by Crippen LogP contribution is 2.30. The van der Waals surface area contributed by atoms with Crippen LogP contribution in [0.25, 0.3) is 0 Å². The zero-order valence-corrected chi connectivity index (χ0v) is 14.0. The molecular formula is C18H24N4O. The summed E-state index contributed by atoms with van der Waals surface area (Å²) in [6.07, 6.45) is 4.09. The van der Waals surface area contributed by atoms with Crippen LogP contribution in [0, 0.1) is 13.8 Å². The van der Waals surface area contributed by atoms with Gasteiger partial charge in [-0.05, 0) is 38.8 Å². The average Bonchev–Trinajstić information content (AvgIpc) is 2.58. The topological polar surface area (TPSA) is 50.3 Å². The van der Waals surface area contributed by atoms with Gasteiger partial charge in [0.1, 0.15) is 11.6 Å². The molecule has 5 nitrogen and oxygen atoms in total. The fourth-order valence-electron chi connectivity index (χ4n) is 3.07. The molecule has 2 aromatic rings. The van der Waals surface area contributed by atoms with Crippen molar-refractivity contribution in [1.82, 2.24) is 9.97 Å². The highest BCUT2D eigenvalue weighted by molar-refractivity contribution is 5.59. The van der Waals surface area contributed by atoms with Gasteiger partial charge in [-0.1, -0.05) is 12.1 Å². The van der Waals surface area contributed by atoms with E-state index in [1.807, 2.05) is 32.2 Å². The van der Waals surface area contributed by atoms with Gasteiger partial charge in [0, 0.05) is 25.3 Å². The summed E-state index contributed by atoms with van der Waals surface area (Å²) in [7, 11) is 1.73. The third-order valence-corrected chi connectivity index (χ3v) is 4.26. The monoisotopic (exact) mass is 312 g/mol. The molecule has 1 aliphatic heterocycles. The van der Waals surface area contributed by atoms with Crippen molar-refractivity contribution in [3.63, 3.8) is 0 Å². The van der Waals surface area contributed by atoms with Gasteiger partial charge in [0.2, 0.25) is 0 Å². The second-order valence-corrected chi connectivity index (χ2v) is 6.05. The number of methoxy groups -OCH3 is 1. The molecule has 0 spiro atoms. The molecule has 1 atom stereocenters. The van der Waals surface area contributed by atoms with Gasteiger partial charge in [0.25, 0.3) is 0 Å². The van der Waals surface area contributed by atoms with Crippen molar-refractivity contribution in [3.8, 4) is 5.75 Å². The molecule has 2 heterocycles. The van der Waals surface area contributed by atoms with Crippen LogP contribution in [-0.2, 0) is 0 Å². The van der Waals surface area contributed by atoms with E-state index in [1.165, 1.54) is 0 Å². The van der Waals surface area contributed by atoms with E-state index in [4.69, 9.17) is 4.74 Å². The summed E-state index contributed by atoms with van der Waals surface area (Å²) in [5, 5.41) is 3.57. The van der Waals surface area contributed by atoms with E-state index in [1.54, 1.807) is 7.11 Å². The van der Waals surface area contributed by atoms with Crippen LogP contribution in [0.1, 0.15) is 24.2 Å². The molecular weight excluding hydrogens is 288 g/mol. The Morgan fingerprint density at radius 2 is 2.09 bits per heavy atom.